The van der Waals surface area contributed by atoms with E-state index < -0.39 is 20.3 Å². The summed E-state index contributed by atoms with van der Waals surface area (Å²) >= 11 is -1.39. The minimum absolute atomic E-state index is 1.39. The van der Waals surface area contributed by atoms with Crippen molar-refractivity contribution in [2.75, 3.05) is 0 Å². The van der Waals surface area contributed by atoms with E-state index in [9.17, 15) is 0 Å². The molecule has 0 aliphatic rings. The van der Waals surface area contributed by atoms with Gasteiger partial charge >= 0.3 is 64.5 Å². The van der Waals surface area contributed by atoms with Crippen LogP contribution in [0.3, 0.4) is 0 Å². The summed E-state index contributed by atoms with van der Waals surface area (Å²) in [6, 6.07) is 0. The molecule has 0 amide bonds. The normalized spacial score (nSPS) is 12.0. The van der Waals surface area contributed by atoms with Crippen molar-refractivity contribution in [3.63, 3.8) is 0 Å². The second-order valence-corrected chi connectivity index (χ2v) is 17.2. The van der Waals surface area contributed by atoms with E-state index in [4.69, 9.17) is 0 Å². The van der Waals surface area contributed by atoms with E-state index in [1.807, 2.05) is 0 Å². The van der Waals surface area contributed by atoms with Gasteiger partial charge in [0.1, 0.15) is 0 Å². The van der Waals surface area contributed by atoms with Crippen molar-refractivity contribution in [2.24, 2.45) is 0 Å². The minimum atomic E-state index is -1.39. The van der Waals surface area contributed by atoms with Crippen molar-refractivity contribution in [3.8, 4) is 0 Å². The molecule has 0 heterocycles. The Morgan fingerprint density at radius 3 is 0.889 bits per heavy atom. The SMILES string of the molecule is C[CH2][Zr]([CH2]C)([CH2]C)[CH2]C. The molecule has 9 heavy (non-hydrogen) atoms. The van der Waals surface area contributed by atoms with Crippen LogP contribution in [-0.4, -0.2) is 0 Å². The molecule has 0 rings (SSSR count). The second kappa shape index (κ2) is 4.66. The van der Waals surface area contributed by atoms with E-state index in [-0.39, 0.29) is 0 Å². The van der Waals surface area contributed by atoms with Crippen LogP contribution < -0.4 is 0 Å². The van der Waals surface area contributed by atoms with Crippen LogP contribution in [0.4, 0.5) is 0 Å². The molecule has 0 aliphatic carbocycles. The summed E-state index contributed by atoms with van der Waals surface area (Å²) in [5.74, 6) is 0. The summed E-state index contributed by atoms with van der Waals surface area (Å²) in [6.07, 6.45) is 0. The van der Waals surface area contributed by atoms with E-state index in [1.165, 1.54) is 0 Å². The Morgan fingerprint density at radius 1 is 0.667 bits per heavy atom. The first-order chi connectivity index (χ1) is 4.24. The first-order valence-electron chi connectivity index (χ1n) is 4.24. The molecule has 0 saturated carbocycles. The topological polar surface area (TPSA) is 0 Å². The molecule has 56 valence electrons. The van der Waals surface area contributed by atoms with Crippen molar-refractivity contribution in [1.29, 1.82) is 0 Å². The monoisotopic (exact) mass is 206 g/mol. The Balaban J connectivity index is 3.82. The molecule has 0 spiro atoms. The van der Waals surface area contributed by atoms with Crippen molar-refractivity contribution in [2.45, 2.75) is 44.2 Å². The summed E-state index contributed by atoms with van der Waals surface area (Å²) < 4.78 is 6.22. The predicted octanol–water partition coefficient (Wildman–Crippen LogP) is 3.89. The third-order valence-electron chi connectivity index (χ3n) is 3.00. The first kappa shape index (κ1) is 9.88. The van der Waals surface area contributed by atoms with E-state index >= 15 is 0 Å². The number of hydrogen-bond acceptors (Lipinski definition) is 0. The Kier molecular flexibility index (Phi) is 5.12. The average Bonchev–Trinajstić information content (AvgIpc) is 1.95. The van der Waals surface area contributed by atoms with Gasteiger partial charge in [0, 0.05) is 0 Å². The molecule has 0 aromatic rings. The summed E-state index contributed by atoms with van der Waals surface area (Å²) in [5, 5.41) is 0. The fourth-order valence-corrected chi connectivity index (χ4v) is 8.87. The zero-order chi connectivity index (χ0) is 7.33. The maximum atomic E-state index is 2.40. The molecule has 0 atom stereocenters. The molecule has 0 unspecified atom stereocenters. The van der Waals surface area contributed by atoms with Crippen LogP contribution in [0.5, 0.6) is 0 Å². The predicted molar refractivity (Wildman–Crippen MR) is 41.9 cm³/mol. The molecule has 0 fully saturated rings. The standard InChI is InChI=1S/4C2H5.Zr/c4*1-2;/h4*1H2,2H3;. The van der Waals surface area contributed by atoms with Crippen LogP contribution in [-0.2, 0) is 20.3 Å². The summed E-state index contributed by atoms with van der Waals surface area (Å²) in [6.45, 7) is 9.58. The van der Waals surface area contributed by atoms with E-state index in [0.29, 0.717) is 0 Å². The summed E-state index contributed by atoms with van der Waals surface area (Å²) in [4.78, 5) is 0. The summed E-state index contributed by atoms with van der Waals surface area (Å²) in [7, 11) is 0. The average molecular weight is 207 g/mol. The molecular formula is C8H20Zr. The van der Waals surface area contributed by atoms with Gasteiger partial charge in [-0.3, -0.25) is 0 Å². The fraction of sp³-hybridized carbons (Fsp3) is 1.00. The Bertz CT molecular complexity index is 47.5. The zero-order valence-electron chi connectivity index (χ0n) is 7.33. The molecule has 0 N–H and O–H groups in total. The molecule has 1 heteroatoms. The Labute approximate surface area is 64.4 Å². The van der Waals surface area contributed by atoms with Gasteiger partial charge in [-0.2, -0.15) is 0 Å². The summed E-state index contributed by atoms with van der Waals surface area (Å²) in [5.41, 5.74) is 0. The molecule has 0 aromatic heterocycles. The van der Waals surface area contributed by atoms with E-state index in [0.717, 1.165) is 0 Å². The van der Waals surface area contributed by atoms with Gasteiger partial charge in [-0.05, 0) is 0 Å². The number of rotatable bonds is 4. The van der Waals surface area contributed by atoms with Crippen LogP contribution in [0, 0.1) is 0 Å². The van der Waals surface area contributed by atoms with Gasteiger partial charge < -0.3 is 0 Å². The van der Waals surface area contributed by atoms with Crippen molar-refractivity contribution < 1.29 is 20.3 Å². The quantitative estimate of drug-likeness (QED) is 0.656. The molecule has 0 saturated heterocycles. The molecule has 0 nitrogen and oxygen atoms in total. The van der Waals surface area contributed by atoms with Crippen LogP contribution in [0.25, 0.3) is 0 Å². The van der Waals surface area contributed by atoms with Crippen LogP contribution in [0.15, 0.2) is 0 Å². The molecular weight excluding hydrogens is 187 g/mol. The van der Waals surface area contributed by atoms with Gasteiger partial charge in [0.25, 0.3) is 0 Å². The van der Waals surface area contributed by atoms with E-state index in [1.54, 1.807) is 16.5 Å². The van der Waals surface area contributed by atoms with Gasteiger partial charge in [-0.25, -0.2) is 0 Å². The van der Waals surface area contributed by atoms with Gasteiger partial charge in [0.2, 0.25) is 0 Å². The Morgan fingerprint density at radius 2 is 0.889 bits per heavy atom. The van der Waals surface area contributed by atoms with Crippen LogP contribution in [0.2, 0.25) is 16.5 Å². The van der Waals surface area contributed by atoms with E-state index in [2.05, 4.69) is 27.7 Å². The zero-order valence-corrected chi connectivity index (χ0v) is 9.79. The third-order valence-corrected chi connectivity index (χ3v) is 17.7. The van der Waals surface area contributed by atoms with Gasteiger partial charge in [0.05, 0.1) is 0 Å². The van der Waals surface area contributed by atoms with Crippen LogP contribution in [0.1, 0.15) is 27.7 Å². The fourth-order valence-electron chi connectivity index (χ4n) is 1.50. The third kappa shape index (κ3) is 2.54. The molecule has 0 aromatic carbocycles. The van der Waals surface area contributed by atoms with Crippen molar-refractivity contribution >= 4 is 0 Å². The van der Waals surface area contributed by atoms with Gasteiger partial charge in [-0.1, -0.05) is 0 Å². The first-order valence-corrected chi connectivity index (χ1v) is 11.2. The second-order valence-electron chi connectivity index (χ2n) is 2.91. The van der Waals surface area contributed by atoms with Gasteiger partial charge in [0.15, 0.2) is 0 Å². The maximum absolute atomic E-state index is 2.40. The molecule has 0 radical (unpaired) electrons. The molecule has 0 aliphatic heterocycles. The number of hydrogen-bond donors (Lipinski definition) is 0. The van der Waals surface area contributed by atoms with Crippen molar-refractivity contribution in [1.82, 2.24) is 0 Å². The van der Waals surface area contributed by atoms with Gasteiger partial charge in [-0.15, -0.1) is 0 Å². The van der Waals surface area contributed by atoms with Crippen molar-refractivity contribution in [3.05, 3.63) is 0 Å². The van der Waals surface area contributed by atoms with Crippen LogP contribution >= 0.6 is 0 Å². The Hall–Kier alpha value is 0.883. The molecule has 0 bridgehead atoms.